The van der Waals surface area contributed by atoms with Crippen LogP contribution in [0.2, 0.25) is 0 Å². The van der Waals surface area contributed by atoms with Crippen molar-refractivity contribution < 1.29 is 8.42 Å². The van der Waals surface area contributed by atoms with Crippen LogP contribution in [0.4, 0.5) is 0 Å². The van der Waals surface area contributed by atoms with Crippen LogP contribution in [0.1, 0.15) is 27.7 Å². The fourth-order valence-corrected chi connectivity index (χ4v) is 1.96. The van der Waals surface area contributed by atoms with Crippen molar-refractivity contribution in [3.63, 3.8) is 0 Å². The maximum Gasteiger partial charge on any atom is 0.171 e. The Hall–Kier alpha value is -0.560. The Morgan fingerprint density at radius 1 is 1.36 bits per heavy atom. The minimum atomic E-state index is -3.29. The first-order chi connectivity index (χ1) is 4.75. The van der Waals surface area contributed by atoms with E-state index in [1.165, 1.54) is 13.8 Å². The molecule has 0 bridgehead atoms. The van der Waals surface area contributed by atoms with Gasteiger partial charge in [-0.05, 0) is 27.7 Å². The van der Waals surface area contributed by atoms with Crippen molar-refractivity contribution >= 4 is 9.84 Å². The number of nitriles is 1. The molecular weight excluding hydrogens is 162 g/mol. The van der Waals surface area contributed by atoms with Gasteiger partial charge < -0.3 is 0 Å². The minimum Gasteiger partial charge on any atom is -0.227 e. The second-order valence-electron chi connectivity index (χ2n) is 3.22. The SMILES string of the molecule is CC(C)S(=O)(=O)C(C)(C)C#N. The van der Waals surface area contributed by atoms with Crippen LogP contribution >= 0.6 is 0 Å². The molecule has 0 amide bonds. The normalized spacial score (nSPS) is 13.1. The Morgan fingerprint density at radius 2 is 1.73 bits per heavy atom. The van der Waals surface area contributed by atoms with Crippen LogP contribution in [0.3, 0.4) is 0 Å². The lowest BCUT2D eigenvalue weighted by molar-refractivity contribution is 0.565. The molecule has 11 heavy (non-hydrogen) atoms. The van der Waals surface area contributed by atoms with E-state index in [1.54, 1.807) is 19.9 Å². The highest BCUT2D eigenvalue weighted by Crippen LogP contribution is 2.19. The summed E-state index contributed by atoms with van der Waals surface area (Å²) in [4.78, 5) is 0. The third-order valence-corrected chi connectivity index (χ3v) is 4.36. The smallest absolute Gasteiger partial charge is 0.171 e. The molecule has 0 saturated heterocycles. The van der Waals surface area contributed by atoms with Gasteiger partial charge in [0.1, 0.15) is 0 Å². The van der Waals surface area contributed by atoms with Crippen LogP contribution < -0.4 is 0 Å². The zero-order chi connectivity index (χ0) is 9.28. The summed E-state index contributed by atoms with van der Waals surface area (Å²) in [6, 6.07) is 1.77. The van der Waals surface area contributed by atoms with Crippen LogP contribution in [0, 0.1) is 11.3 Å². The van der Waals surface area contributed by atoms with Gasteiger partial charge in [-0.15, -0.1) is 0 Å². The molecule has 0 fully saturated rings. The molecule has 4 heteroatoms. The Morgan fingerprint density at radius 3 is 1.82 bits per heavy atom. The highest BCUT2D eigenvalue weighted by Gasteiger charge is 2.36. The van der Waals surface area contributed by atoms with Gasteiger partial charge in [0, 0.05) is 0 Å². The van der Waals surface area contributed by atoms with Crippen molar-refractivity contribution in [2.75, 3.05) is 0 Å². The lowest BCUT2D eigenvalue weighted by Crippen LogP contribution is -2.35. The highest BCUT2D eigenvalue weighted by atomic mass is 32.2. The molecule has 0 aliphatic carbocycles. The van der Waals surface area contributed by atoms with Crippen molar-refractivity contribution in [1.29, 1.82) is 5.26 Å². The first-order valence-electron chi connectivity index (χ1n) is 3.40. The van der Waals surface area contributed by atoms with Crippen LogP contribution in [0.15, 0.2) is 0 Å². The summed E-state index contributed by atoms with van der Waals surface area (Å²) in [5, 5.41) is 8.06. The van der Waals surface area contributed by atoms with Gasteiger partial charge in [-0.3, -0.25) is 0 Å². The maximum atomic E-state index is 11.4. The quantitative estimate of drug-likeness (QED) is 0.631. The largest absolute Gasteiger partial charge is 0.227 e. The molecule has 0 N–H and O–H groups in total. The van der Waals surface area contributed by atoms with Crippen molar-refractivity contribution in [1.82, 2.24) is 0 Å². The Kier molecular flexibility index (Phi) is 2.68. The zero-order valence-electron chi connectivity index (χ0n) is 7.25. The number of hydrogen-bond acceptors (Lipinski definition) is 3. The number of rotatable bonds is 2. The van der Waals surface area contributed by atoms with Gasteiger partial charge in [-0.2, -0.15) is 5.26 Å². The second kappa shape index (κ2) is 2.82. The van der Waals surface area contributed by atoms with E-state index in [0.717, 1.165) is 0 Å². The monoisotopic (exact) mass is 175 g/mol. The lowest BCUT2D eigenvalue weighted by Gasteiger charge is -2.18. The lowest BCUT2D eigenvalue weighted by atomic mass is 10.2. The fourth-order valence-electron chi connectivity index (χ4n) is 0.653. The van der Waals surface area contributed by atoms with Crippen molar-refractivity contribution in [2.24, 2.45) is 0 Å². The van der Waals surface area contributed by atoms with E-state index >= 15 is 0 Å². The van der Waals surface area contributed by atoms with Gasteiger partial charge in [0.05, 0.1) is 11.3 Å². The molecule has 3 nitrogen and oxygen atoms in total. The van der Waals surface area contributed by atoms with E-state index in [-0.39, 0.29) is 0 Å². The van der Waals surface area contributed by atoms with E-state index in [0.29, 0.717) is 0 Å². The molecule has 0 spiro atoms. The zero-order valence-corrected chi connectivity index (χ0v) is 8.07. The van der Waals surface area contributed by atoms with Crippen LogP contribution in [0.5, 0.6) is 0 Å². The Balaban J connectivity index is 5.06. The average molecular weight is 175 g/mol. The predicted molar refractivity (Wildman–Crippen MR) is 43.7 cm³/mol. The number of sulfone groups is 1. The molecule has 0 aromatic rings. The van der Waals surface area contributed by atoms with Crippen molar-refractivity contribution in [2.45, 2.75) is 37.7 Å². The molecule has 0 unspecified atom stereocenters. The van der Waals surface area contributed by atoms with Gasteiger partial charge in [0.15, 0.2) is 14.6 Å². The van der Waals surface area contributed by atoms with Crippen LogP contribution in [0.25, 0.3) is 0 Å². The van der Waals surface area contributed by atoms with E-state index < -0.39 is 19.8 Å². The fraction of sp³-hybridized carbons (Fsp3) is 0.857. The van der Waals surface area contributed by atoms with Gasteiger partial charge in [-0.1, -0.05) is 0 Å². The predicted octanol–water partition coefficient (Wildman–Crippen LogP) is 1.11. The van der Waals surface area contributed by atoms with Crippen LogP contribution in [-0.4, -0.2) is 18.4 Å². The molecule has 64 valence electrons. The first kappa shape index (κ1) is 10.4. The Labute approximate surface area is 67.9 Å². The average Bonchev–Trinajstić information content (AvgIpc) is 1.87. The van der Waals surface area contributed by atoms with E-state index in [2.05, 4.69) is 0 Å². The number of nitrogens with zero attached hydrogens (tertiary/aromatic N) is 1. The van der Waals surface area contributed by atoms with E-state index in [4.69, 9.17) is 5.26 Å². The summed E-state index contributed by atoms with van der Waals surface area (Å²) in [6.07, 6.45) is 0. The van der Waals surface area contributed by atoms with E-state index in [1.807, 2.05) is 0 Å². The third kappa shape index (κ3) is 1.72. The van der Waals surface area contributed by atoms with Gasteiger partial charge in [0.2, 0.25) is 0 Å². The number of hydrogen-bond donors (Lipinski definition) is 0. The summed E-state index contributed by atoms with van der Waals surface area (Å²) < 4.78 is 21.5. The van der Waals surface area contributed by atoms with Crippen molar-refractivity contribution in [3.05, 3.63) is 0 Å². The van der Waals surface area contributed by atoms with Gasteiger partial charge in [0.25, 0.3) is 0 Å². The first-order valence-corrected chi connectivity index (χ1v) is 4.95. The highest BCUT2D eigenvalue weighted by molar-refractivity contribution is 7.93. The third-order valence-electron chi connectivity index (χ3n) is 1.60. The molecule has 0 saturated carbocycles. The topological polar surface area (TPSA) is 57.9 Å². The molecule has 0 heterocycles. The van der Waals surface area contributed by atoms with Gasteiger partial charge in [-0.25, -0.2) is 8.42 Å². The van der Waals surface area contributed by atoms with Gasteiger partial charge >= 0.3 is 0 Å². The molecule has 0 atom stereocenters. The summed E-state index contributed by atoms with van der Waals surface area (Å²) >= 11 is 0. The molecule has 0 aromatic heterocycles. The summed E-state index contributed by atoms with van der Waals surface area (Å²) in [5.41, 5.74) is 0. The molecule has 0 aromatic carbocycles. The summed E-state index contributed by atoms with van der Waals surface area (Å²) in [6.45, 7) is 5.99. The maximum absolute atomic E-state index is 11.4. The molecule has 0 aliphatic rings. The minimum absolute atomic E-state index is 0.489. The molecule has 0 rings (SSSR count). The standard InChI is InChI=1S/C7H13NO2S/c1-6(2)11(9,10)7(3,4)5-8/h6H,1-4H3. The molecular formula is C7H13NO2S. The summed E-state index contributed by atoms with van der Waals surface area (Å²) in [7, 11) is -3.29. The Bertz CT molecular complexity index is 269. The van der Waals surface area contributed by atoms with Crippen molar-refractivity contribution in [3.8, 4) is 6.07 Å². The summed E-state index contributed by atoms with van der Waals surface area (Å²) in [5.74, 6) is 0. The molecule has 0 aliphatic heterocycles. The second-order valence-corrected chi connectivity index (χ2v) is 6.27. The van der Waals surface area contributed by atoms with E-state index in [9.17, 15) is 8.42 Å². The van der Waals surface area contributed by atoms with Crippen LogP contribution in [-0.2, 0) is 9.84 Å². The molecule has 0 radical (unpaired) electrons.